The Bertz CT molecular complexity index is 319. The molecule has 17 heavy (non-hydrogen) atoms. The van der Waals surface area contributed by atoms with Crippen molar-refractivity contribution in [3.63, 3.8) is 0 Å². The molecule has 1 fully saturated rings. The third-order valence-electron chi connectivity index (χ3n) is 3.23. The number of benzene rings is 1. The van der Waals surface area contributed by atoms with E-state index in [1.807, 2.05) is 24.3 Å². The number of halogens is 1. The average molecular weight is 254 g/mol. The Hall–Kier alpha value is -0.730. The third-order valence-corrected chi connectivity index (χ3v) is 3.53. The molecule has 0 saturated carbocycles. The number of hydrogen-bond donors (Lipinski definition) is 1. The highest BCUT2D eigenvalue weighted by molar-refractivity contribution is 6.17. The summed E-state index contributed by atoms with van der Waals surface area (Å²) >= 11 is 5.74. The highest BCUT2D eigenvalue weighted by Crippen LogP contribution is 2.15. The molecule has 94 valence electrons. The summed E-state index contributed by atoms with van der Waals surface area (Å²) in [7, 11) is 0. The number of alkyl halides is 1. The highest BCUT2D eigenvalue weighted by Gasteiger charge is 2.11. The minimum absolute atomic E-state index is 0.562. The van der Waals surface area contributed by atoms with Crippen LogP contribution in [0.2, 0.25) is 0 Å². The zero-order valence-corrected chi connectivity index (χ0v) is 10.9. The monoisotopic (exact) mass is 253 g/mol. The van der Waals surface area contributed by atoms with Crippen LogP contribution in [0.5, 0.6) is 5.75 Å². The SMILES string of the molecule is ClCc1ccc(OCCC2CCCCN2)cc1. The van der Waals surface area contributed by atoms with Crippen molar-refractivity contribution in [3.05, 3.63) is 29.8 Å². The summed E-state index contributed by atoms with van der Waals surface area (Å²) in [5.74, 6) is 1.50. The van der Waals surface area contributed by atoms with Crippen molar-refractivity contribution < 1.29 is 4.74 Å². The van der Waals surface area contributed by atoms with Gasteiger partial charge in [-0.2, -0.15) is 0 Å². The van der Waals surface area contributed by atoms with Gasteiger partial charge in [0.2, 0.25) is 0 Å². The minimum Gasteiger partial charge on any atom is -0.494 e. The van der Waals surface area contributed by atoms with E-state index in [4.69, 9.17) is 16.3 Å². The molecule has 1 N–H and O–H groups in total. The van der Waals surface area contributed by atoms with E-state index in [0.717, 1.165) is 30.9 Å². The lowest BCUT2D eigenvalue weighted by Gasteiger charge is -2.23. The molecule has 0 bridgehead atoms. The Morgan fingerprint density at radius 1 is 1.24 bits per heavy atom. The van der Waals surface area contributed by atoms with Crippen LogP contribution in [0.25, 0.3) is 0 Å². The number of nitrogens with one attached hydrogen (secondary N) is 1. The summed E-state index contributed by atoms with van der Waals surface area (Å²) in [5.41, 5.74) is 1.13. The molecule has 0 aliphatic carbocycles. The lowest BCUT2D eigenvalue weighted by atomic mass is 10.0. The summed E-state index contributed by atoms with van der Waals surface area (Å²) in [6.45, 7) is 1.95. The van der Waals surface area contributed by atoms with Gasteiger partial charge in [-0.15, -0.1) is 11.6 Å². The standard InChI is InChI=1S/C14H20ClNO/c15-11-12-4-6-14(7-5-12)17-10-8-13-3-1-2-9-16-13/h4-7,13,16H,1-3,8-11H2. The summed E-state index contributed by atoms with van der Waals surface area (Å²) in [6, 6.07) is 8.66. The predicted octanol–water partition coefficient (Wildman–Crippen LogP) is 3.34. The lowest BCUT2D eigenvalue weighted by Crippen LogP contribution is -2.35. The molecule has 1 unspecified atom stereocenters. The Morgan fingerprint density at radius 2 is 2.06 bits per heavy atom. The van der Waals surface area contributed by atoms with Crippen LogP contribution in [0, 0.1) is 0 Å². The Labute approximate surface area is 108 Å². The second-order valence-corrected chi connectivity index (χ2v) is 4.83. The van der Waals surface area contributed by atoms with Gasteiger partial charge in [0.15, 0.2) is 0 Å². The maximum absolute atomic E-state index is 5.74. The molecule has 1 saturated heterocycles. The van der Waals surface area contributed by atoms with E-state index in [0.29, 0.717) is 11.9 Å². The van der Waals surface area contributed by atoms with Crippen LogP contribution in [-0.4, -0.2) is 19.2 Å². The van der Waals surface area contributed by atoms with Crippen LogP contribution in [0.1, 0.15) is 31.2 Å². The number of piperidine rings is 1. The van der Waals surface area contributed by atoms with Crippen LogP contribution in [0.4, 0.5) is 0 Å². The molecular weight excluding hydrogens is 234 g/mol. The molecule has 0 amide bonds. The summed E-state index contributed by atoms with van der Waals surface area (Å²) in [6.07, 6.45) is 5.05. The van der Waals surface area contributed by atoms with Crippen molar-refractivity contribution in [2.45, 2.75) is 37.6 Å². The summed E-state index contributed by atoms with van der Waals surface area (Å²) < 4.78 is 5.73. The average Bonchev–Trinajstić information content (AvgIpc) is 2.41. The Kier molecular flexibility index (Phi) is 5.14. The van der Waals surface area contributed by atoms with Gasteiger partial charge in [0.1, 0.15) is 5.75 Å². The second kappa shape index (κ2) is 6.87. The van der Waals surface area contributed by atoms with Crippen LogP contribution in [0.15, 0.2) is 24.3 Å². The van der Waals surface area contributed by atoms with E-state index in [1.165, 1.54) is 19.3 Å². The molecule has 1 aliphatic rings. The van der Waals surface area contributed by atoms with E-state index in [9.17, 15) is 0 Å². The molecule has 3 heteroatoms. The quantitative estimate of drug-likeness (QED) is 0.813. The molecule has 1 aromatic rings. The number of hydrogen-bond acceptors (Lipinski definition) is 2. The van der Waals surface area contributed by atoms with Crippen LogP contribution in [0.3, 0.4) is 0 Å². The normalized spacial score (nSPS) is 20.2. The fourth-order valence-corrected chi connectivity index (χ4v) is 2.34. The molecule has 1 heterocycles. The minimum atomic E-state index is 0.562. The van der Waals surface area contributed by atoms with Gasteiger partial charge >= 0.3 is 0 Å². The van der Waals surface area contributed by atoms with Gasteiger partial charge in [-0.3, -0.25) is 0 Å². The summed E-state index contributed by atoms with van der Waals surface area (Å²) in [4.78, 5) is 0. The molecule has 1 atom stereocenters. The first-order valence-corrected chi connectivity index (χ1v) is 6.93. The first-order valence-electron chi connectivity index (χ1n) is 6.39. The maximum Gasteiger partial charge on any atom is 0.119 e. The van der Waals surface area contributed by atoms with Crippen molar-refractivity contribution in [2.75, 3.05) is 13.2 Å². The third kappa shape index (κ3) is 4.21. The van der Waals surface area contributed by atoms with Gasteiger partial charge in [-0.05, 0) is 43.5 Å². The largest absolute Gasteiger partial charge is 0.494 e. The van der Waals surface area contributed by atoms with Crippen molar-refractivity contribution in [2.24, 2.45) is 0 Å². The number of rotatable bonds is 5. The zero-order valence-electron chi connectivity index (χ0n) is 10.1. The van der Waals surface area contributed by atoms with Gasteiger partial charge in [-0.25, -0.2) is 0 Å². The van der Waals surface area contributed by atoms with Crippen LogP contribution in [-0.2, 0) is 5.88 Å². The lowest BCUT2D eigenvalue weighted by molar-refractivity contribution is 0.268. The van der Waals surface area contributed by atoms with Gasteiger partial charge in [0, 0.05) is 11.9 Å². The van der Waals surface area contributed by atoms with Crippen molar-refractivity contribution in [1.29, 1.82) is 0 Å². The van der Waals surface area contributed by atoms with E-state index >= 15 is 0 Å². The number of ether oxygens (including phenoxy) is 1. The molecule has 0 spiro atoms. The van der Waals surface area contributed by atoms with Gasteiger partial charge in [-0.1, -0.05) is 18.6 Å². The van der Waals surface area contributed by atoms with Crippen LogP contribution < -0.4 is 10.1 Å². The van der Waals surface area contributed by atoms with Gasteiger partial charge in [0.25, 0.3) is 0 Å². The van der Waals surface area contributed by atoms with Crippen LogP contribution >= 0.6 is 11.6 Å². The second-order valence-electron chi connectivity index (χ2n) is 4.56. The molecule has 0 aromatic heterocycles. The van der Waals surface area contributed by atoms with Gasteiger partial charge in [0.05, 0.1) is 6.61 Å². The Morgan fingerprint density at radius 3 is 2.71 bits per heavy atom. The van der Waals surface area contributed by atoms with Gasteiger partial charge < -0.3 is 10.1 Å². The molecular formula is C14H20ClNO. The van der Waals surface area contributed by atoms with Crippen molar-refractivity contribution in [3.8, 4) is 5.75 Å². The van der Waals surface area contributed by atoms with E-state index in [2.05, 4.69) is 5.32 Å². The fraction of sp³-hybridized carbons (Fsp3) is 0.571. The zero-order chi connectivity index (χ0) is 11.9. The topological polar surface area (TPSA) is 21.3 Å². The molecule has 1 aromatic carbocycles. The first-order chi connectivity index (χ1) is 8.38. The van der Waals surface area contributed by atoms with E-state index < -0.39 is 0 Å². The molecule has 2 rings (SSSR count). The van der Waals surface area contributed by atoms with Crippen molar-refractivity contribution in [1.82, 2.24) is 5.32 Å². The summed E-state index contributed by atoms with van der Waals surface area (Å²) in [5, 5.41) is 3.53. The smallest absolute Gasteiger partial charge is 0.119 e. The highest BCUT2D eigenvalue weighted by atomic mass is 35.5. The Balaban J connectivity index is 1.69. The predicted molar refractivity (Wildman–Crippen MR) is 71.8 cm³/mol. The molecule has 1 aliphatic heterocycles. The van der Waals surface area contributed by atoms with E-state index in [1.54, 1.807) is 0 Å². The maximum atomic E-state index is 5.74. The van der Waals surface area contributed by atoms with Crippen molar-refractivity contribution >= 4 is 11.6 Å². The molecule has 2 nitrogen and oxygen atoms in total. The first kappa shape index (κ1) is 12.7. The van der Waals surface area contributed by atoms with E-state index in [-0.39, 0.29) is 0 Å². The fourth-order valence-electron chi connectivity index (χ4n) is 2.16. The molecule has 0 radical (unpaired) electrons.